The molecule has 0 radical (unpaired) electrons. The number of phenols is 1. The van der Waals surface area contributed by atoms with Crippen molar-refractivity contribution in [1.29, 1.82) is 0 Å². The van der Waals surface area contributed by atoms with Crippen molar-refractivity contribution in [1.82, 2.24) is 10.2 Å². The number of nitrogens with one attached hydrogen (secondary N) is 1. The van der Waals surface area contributed by atoms with E-state index in [2.05, 4.69) is 5.32 Å². The standard InChI is InChI=1S/C22H22Cl2N2O4/c23-18-8-5-15(12-19(18)24)2-1-10-25-21(29)17-13-26(22(30)20(17)28)11-9-14-3-6-16(27)7-4-14/h3-8,12,17,27H,1-2,9-11,13H2,(H,25,29). The molecule has 158 valence electrons. The van der Waals surface area contributed by atoms with Gasteiger partial charge in [0.1, 0.15) is 11.7 Å². The van der Waals surface area contributed by atoms with Crippen LogP contribution >= 0.6 is 23.2 Å². The van der Waals surface area contributed by atoms with Crippen LogP contribution in [-0.2, 0) is 27.2 Å². The van der Waals surface area contributed by atoms with E-state index in [1.807, 2.05) is 6.07 Å². The Labute approximate surface area is 184 Å². The Kier molecular flexibility index (Phi) is 7.34. The van der Waals surface area contributed by atoms with Gasteiger partial charge in [0.25, 0.3) is 5.91 Å². The molecule has 0 aliphatic carbocycles. The zero-order valence-corrected chi connectivity index (χ0v) is 17.7. The summed E-state index contributed by atoms with van der Waals surface area (Å²) >= 11 is 11.9. The Hall–Kier alpha value is -2.57. The van der Waals surface area contributed by atoms with E-state index in [4.69, 9.17) is 23.2 Å². The molecule has 0 spiro atoms. The molecule has 1 aliphatic rings. The van der Waals surface area contributed by atoms with E-state index in [0.717, 1.165) is 11.1 Å². The lowest BCUT2D eigenvalue weighted by Gasteiger charge is -2.15. The predicted molar refractivity (Wildman–Crippen MR) is 115 cm³/mol. The molecule has 3 rings (SSSR count). The molecule has 8 heteroatoms. The number of aryl methyl sites for hydroxylation is 1. The fourth-order valence-corrected chi connectivity index (χ4v) is 3.66. The average molecular weight is 449 g/mol. The highest BCUT2D eigenvalue weighted by Crippen LogP contribution is 2.23. The molecule has 2 N–H and O–H groups in total. The molecule has 1 aliphatic heterocycles. The number of nitrogens with zero attached hydrogens (tertiary/aromatic N) is 1. The van der Waals surface area contributed by atoms with Crippen LogP contribution in [0.5, 0.6) is 5.75 Å². The molecule has 1 heterocycles. The van der Waals surface area contributed by atoms with Gasteiger partial charge < -0.3 is 15.3 Å². The van der Waals surface area contributed by atoms with Gasteiger partial charge in [-0.25, -0.2) is 0 Å². The Morgan fingerprint density at radius 1 is 1.03 bits per heavy atom. The summed E-state index contributed by atoms with van der Waals surface area (Å²) in [5.41, 5.74) is 1.94. The Balaban J connectivity index is 1.44. The number of phenolic OH excluding ortho intramolecular Hbond substituents is 1. The SMILES string of the molecule is O=C(NCCCc1ccc(Cl)c(Cl)c1)C1CN(CCc2ccc(O)cc2)C(=O)C1=O. The number of amides is 2. The summed E-state index contributed by atoms with van der Waals surface area (Å²) in [6, 6.07) is 12.1. The van der Waals surface area contributed by atoms with E-state index in [1.165, 1.54) is 4.90 Å². The zero-order valence-electron chi connectivity index (χ0n) is 16.2. The monoisotopic (exact) mass is 448 g/mol. The lowest BCUT2D eigenvalue weighted by molar-refractivity contribution is -0.142. The fraction of sp³-hybridized carbons (Fsp3) is 0.318. The summed E-state index contributed by atoms with van der Waals surface area (Å²) in [5.74, 6) is -2.51. The van der Waals surface area contributed by atoms with Crippen molar-refractivity contribution in [2.75, 3.05) is 19.6 Å². The van der Waals surface area contributed by atoms with Gasteiger partial charge in [-0.3, -0.25) is 14.4 Å². The highest BCUT2D eigenvalue weighted by atomic mass is 35.5. The van der Waals surface area contributed by atoms with Crippen LogP contribution in [0.15, 0.2) is 42.5 Å². The number of hydrogen-bond acceptors (Lipinski definition) is 4. The summed E-state index contributed by atoms with van der Waals surface area (Å²) in [6.07, 6.45) is 1.91. The van der Waals surface area contributed by atoms with Crippen molar-refractivity contribution < 1.29 is 19.5 Å². The first kappa shape index (κ1) is 22.1. The van der Waals surface area contributed by atoms with Crippen LogP contribution in [0.3, 0.4) is 0 Å². The molecule has 1 fully saturated rings. The predicted octanol–water partition coefficient (Wildman–Crippen LogP) is 3.02. The van der Waals surface area contributed by atoms with Crippen molar-refractivity contribution in [3.63, 3.8) is 0 Å². The van der Waals surface area contributed by atoms with E-state index in [0.29, 0.717) is 42.4 Å². The zero-order chi connectivity index (χ0) is 21.7. The number of carbonyl (C=O) groups is 3. The minimum absolute atomic E-state index is 0.0916. The number of aromatic hydroxyl groups is 1. The van der Waals surface area contributed by atoms with Gasteiger partial charge in [-0.15, -0.1) is 0 Å². The van der Waals surface area contributed by atoms with Gasteiger partial charge in [-0.1, -0.05) is 41.4 Å². The molecule has 6 nitrogen and oxygen atoms in total. The van der Waals surface area contributed by atoms with Gasteiger partial charge in [0.15, 0.2) is 0 Å². The first-order valence-electron chi connectivity index (χ1n) is 9.68. The number of carbonyl (C=O) groups excluding carboxylic acids is 3. The maximum atomic E-state index is 12.4. The third-order valence-electron chi connectivity index (χ3n) is 5.07. The second-order valence-electron chi connectivity index (χ2n) is 7.23. The van der Waals surface area contributed by atoms with Crippen molar-refractivity contribution in [2.24, 2.45) is 5.92 Å². The quantitative estimate of drug-likeness (QED) is 0.369. The number of benzene rings is 2. The Morgan fingerprint density at radius 2 is 1.73 bits per heavy atom. The van der Waals surface area contributed by atoms with Gasteiger partial charge in [0.2, 0.25) is 11.7 Å². The molecule has 1 unspecified atom stereocenters. The Morgan fingerprint density at radius 3 is 2.43 bits per heavy atom. The van der Waals surface area contributed by atoms with Gasteiger partial charge in [0, 0.05) is 19.6 Å². The number of hydrogen-bond donors (Lipinski definition) is 2. The number of halogens is 2. The maximum absolute atomic E-state index is 12.4. The van der Waals surface area contributed by atoms with E-state index in [-0.39, 0.29) is 12.3 Å². The van der Waals surface area contributed by atoms with E-state index in [1.54, 1.807) is 36.4 Å². The molecular weight excluding hydrogens is 427 g/mol. The third-order valence-corrected chi connectivity index (χ3v) is 5.81. The molecule has 30 heavy (non-hydrogen) atoms. The minimum Gasteiger partial charge on any atom is -0.508 e. The fourth-order valence-electron chi connectivity index (χ4n) is 3.34. The molecule has 2 amide bonds. The number of rotatable bonds is 8. The molecule has 2 aromatic rings. The van der Waals surface area contributed by atoms with E-state index >= 15 is 0 Å². The lowest BCUT2D eigenvalue weighted by Crippen LogP contribution is -2.36. The molecule has 0 saturated carbocycles. The smallest absolute Gasteiger partial charge is 0.290 e. The van der Waals surface area contributed by atoms with Crippen molar-refractivity contribution in [2.45, 2.75) is 19.3 Å². The molecular formula is C22H22Cl2N2O4. The van der Waals surface area contributed by atoms with Crippen LogP contribution in [0.25, 0.3) is 0 Å². The summed E-state index contributed by atoms with van der Waals surface area (Å²) in [5, 5.41) is 13.0. The van der Waals surface area contributed by atoms with E-state index in [9.17, 15) is 19.5 Å². The molecule has 1 saturated heterocycles. The normalized spacial score (nSPS) is 16.2. The van der Waals surface area contributed by atoms with Gasteiger partial charge in [-0.2, -0.15) is 0 Å². The van der Waals surface area contributed by atoms with Gasteiger partial charge >= 0.3 is 0 Å². The van der Waals surface area contributed by atoms with Crippen molar-refractivity contribution in [3.05, 3.63) is 63.6 Å². The number of Topliss-reactive ketones (excluding diaryl/α,β-unsaturated/α-hetero) is 1. The van der Waals surface area contributed by atoms with Gasteiger partial charge in [-0.05, 0) is 54.7 Å². The highest BCUT2D eigenvalue weighted by Gasteiger charge is 2.42. The minimum atomic E-state index is -0.970. The van der Waals surface area contributed by atoms with Crippen LogP contribution in [-0.4, -0.2) is 47.2 Å². The second kappa shape index (κ2) is 9.96. The number of ketones is 1. The first-order valence-corrected chi connectivity index (χ1v) is 10.4. The molecule has 2 aromatic carbocycles. The van der Waals surface area contributed by atoms with E-state index < -0.39 is 23.5 Å². The summed E-state index contributed by atoms with van der Waals surface area (Å²) in [4.78, 5) is 38.2. The van der Waals surface area contributed by atoms with Crippen LogP contribution in [0.2, 0.25) is 10.0 Å². The second-order valence-corrected chi connectivity index (χ2v) is 8.04. The molecule has 1 atom stereocenters. The topological polar surface area (TPSA) is 86.7 Å². The summed E-state index contributed by atoms with van der Waals surface area (Å²) in [7, 11) is 0. The third kappa shape index (κ3) is 5.52. The average Bonchev–Trinajstić information content (AvgIpc) is 3.02. The lowest BCUT2D eigenvalue weighted by atomic mass is 10.1. The van der Waals surface area contributed by atoms with Crippen LogP contribution in [0.4, 0.5) is 0 Å². The number of likely N-dealkylation sites (tertiary alicyclic amines) is 1. The molecule has 0 bridgehead atoms. The molecule has 0 aromatic heterocycles. The van der Waals surface area contributed by atoms with Gasteiger partial charge in [0.05, 0.1) is 10.0 Å². The van der Waals surface area contributed by atoms with Crippen LogP contribution < -0.4 is 5.32 Å². The first-order chi connectivity index (χ1) is 14.3. The largest absolute Gasteiger partial charge is 0.508 e. The van der Waals surface area contributed by atoms with Crippen molar-refractivity contribution in [3.8, 4) is 5.75 Å². The highest BCUT2D eigenvalue weighted by molar-refractivity contribution is 6.42. The van der Waals surface area contributed by atoms with Crippen LogP contribution in [0.1, 0.15) is 17.5 Å². The maximum Gasteiger partial charge on any atom is 0.290 e. The van der Waals surface area contributed by atoms with Crippen molar-refractivity contribution >= 4 is 40.8 Å². The van der Waals surface area contributed by atoms with Crippen LogP contribution in [0, 0.1) is 5.92 Å². The summed E-state index contributed by atoms with van der Waals surface area (Å²) in [6.45, 7) is 0.829. The summed E-state index contributed by atoms with van der Waals surface area (Å²) < 4.78 is 0. The Bertz CT molecular complexity index is 947.